The third-order valence-corrected chi connectivity index (χ3v) is 3.27. The lowest BCUT2D eigenvalue weighted by atomic mass is 10.0. The van der Waals surface area contributed by atoms with Gasteiger partial charge in [-0.1, -0.05) is 12.1 Å². The van der Waals surface area contributed by atoms with Gasteiger partial charge in [0, 0.05) is 24.8 Å². The molecule has 0 radical (unpaired) electrons. The molecule has 1 unspecified atom stereocenters. The number of nitrogens with one attached hydrogen (secondary N) is 1. The summed E-state index contributed by atoms with van der Waals surface area (Å²) in [5.41, 5.74) is 6.87. The molecule has 0 saturated heterocycles. The van der Waals surface area contributed by atoms with E-state index in [-0.39, 0.29) is 12.6 Å². The average molecular weight is 282 g/mol. The van der Waals surface area contributed by atoms with Crippen LogP contribution < -0.4 is 20.5 Å². The Balaban J connectivity index is 2.69. The lowest BCUT2D eigenvalue weighted by Gasteiger charge is -2.21. The van der Waals surface area contributed by atoms with E-state index in [2.05, 4.69) is 5.32 Å². The average Bonchev–Trinajstić information content (AvgIpc) is 2.50. The van der Waals surface area contributed by atoms with Crippen LogP contribution in [0, 0.1) is 0 Å². The van der Waals surface area contributed by atoms with Gasteiger partial charge in [-0.2, -0.15) is 0 Å². The second kappa shape index (κ2) is 9.58. The first-order valence-corrected chi connectivity index (χ1v) is 7.03. The third kappa shape index (κ3) is 4.67. The van der Waals surface area contributed by atoms with Gasteiger partial charge in [0.05, 0.1) is 14.2 Å². The molecule has 5 nitrogen and oxygen atoms in total. The molecule has 0 heterocycles. The first kappa shape index (κ1) is 16.8. The number of para-hydroxylation sites is 1. The van der Waals surface area contributed by atoms with E-state index in [1.54, 1.807) is 14.2 Å². The molecule has 5 heteroatoms. The Morgan fingerprint density at radius 1 is 1.20 bits per heavy atom. The summed E-state index contributed by atoms with van der Waals surface area (Å²) in [5.74, 6) is 1.44. The number of hydrogen-bond donors (Lipinski definition) is 3. The van der Waals surface area contributed by atoms with Crippen LogP contribution in [0.4, 0.5) is 0 Å². The molecular formula is C15H26N2O3. The summed E-state index contributed by atoms with van der Waals surface area (Å²) in [4.78, 5) is 0. The van der Waals surface area contributed by atoms with Crippen molar-refractivity contribution in [1.29, 1.82) is 0 Å². The summed E-state index contributed by atoms with van der Waals surface area (Å²) in [5, 5.41) is 12.2. The van der Waals surface area contributed by atoms with Crippen molar-refractivity contribution in [2.75, 3.05) is 33.9 Å². The maximum Gasteiger partial charge on any atom is 0.165 e. The van der Waals surface area contributed by atoms with Crippen molar-refractivity contribution >= 4 is 0 Å². The second-order valence-corrected chi connectivity index (χ2v) is 4.61. The number of hydrogen-bond acceptors (Lipinski definition) is 5. The van der Waals surface area contributed by atoms with Gasteiger partial charge in [0.15, 0.2) is 11.5 Å². The molecule has 1 aromatic carbocycles. The van der Waals surface area contributed by atoms with Crippen LogP contribution in [0.15, 0.2) is 18.2 Å². The van der Waals surface area contributed by atoms with Gasteiger partial charge in [0.25, 0.3) is 0 Å². The fourth-order valence-corrected chi connectivity index (χ4v) is 2.20. The predicted molar refractivity (Wildman–Crippen MR) is 80.3 cm³/mol. The zero-order chi connectivity index (χ0) is 14.8. The minimum Gasteiger partial charge on any atom is -0.493 e. The zero-order valence-electron chi connectivity index (χ0n) is 12.4. The Labute approximate surface area is 121 Å². The van der Waals surface area contributed by atoms with Crippen molar-refractivity contribution in [2.45, 2.75) is 25.3 Å². The minimum atomic E-state index is 0.0363. The lowest BCUT2D eigenvalue weighted by molar-refractivity contribution is 0.282. The van der Waals surface area contributed by atoms with Crippen LogP contribution in [0.5, 0.6) is 11.5 Å². The van der Waals surface area contributed by atoms with Gasteiger partial charge in [-0.15, -0.1) is 0 Å². The van der Waals surface area contributed by atoms with E-state index >= 15 is 0 Å². The van der Waals surface area contributed by atoms with Gasteiger partial charge < -0.3 is 25.6 Å². The smallest absolute Gasteiger partial charge is 0.165 e. The maximum absolute atomic E-state index is 8.75. The summed E-state index contributed by atoms with van der Waals surface area (Å²) in [6.45, 7) is 1.61. The number of ether oxygens (including phenoxy) is 2. The van der Waals surface area contributed by atoms with E-state index in [0.29, 0.717) is 12.3 Å². The quantitative estimate of drug-likeness (QED) is 0.566. The van der Waals surface area contributed by atoms with Gasteiger partial charge in [0.2, 0.25) is 0 Å². The lowest BCUT2D eigenvalue weighted by Crippen LogP contribution is -2.29. The number of methoxy groups -OCH3 is 2. The highest BCUT2D eigenvalue weighted by Gasteiger charge is 2.17. The van der Waals surface area contributed by atoms with Crippen molar-refractivity contribution < 1.29 is 14.6 Å². The van der Waals surface area contributed by atoms with Crippen LogP contribution >= 0.6 is 0 Å². The van der Waals surface area contributed by atoms with Gasteiger partial charge in [-0.3, -0.25) is 0 Å². The molecule has 0 fully saturated rings. The van der Waals surface area contributed by atoms with Crippen molar-refractivity contribution in [3.8, 4) is 11.5 Å². The summed E-state index contributed by atoms with van der Waals surface area (Å²) in [7, 11) is 3.26. The minimum absolute atomic E-state index is 0.0363. The number of nitrogens with two attached hydrogens (primary N) is 1. The van der Waals surface area contributed by atoms with E-state index in [0.717, 1.165) is 37.1 Å². The van der Waals surface area contributed by atoms with Crippen LogP contribution in [0.2, 0.25) is 0 Å². The number of rotatable bonds is 10. The Hall–Kier alpha value is -1.30. The second-order valence-electron chi connectivity index (χ2n) is 4.61. The van der Waals surface area contributed by atoms with Gasteiger partial charge in [-0.05, 0) is 31.9 Å². The largest absolute Gasteiger partial charge is 0.493 e. The van der Waals surface area contributed by atoms with Gasteiger partial charge in [0.1, 0.15) is 0 Å². The molecule has 0 aromatic heterocycles. The van der Waals surface area contributed by atoms with E-state index in [1.807, 2.05) is 18.2 Å². The molecule has 0 bridgehead atoms. The number of aliphatic hydroxyl groups is 1. The van der Waals surface area contributed by atoms with E-state index in [1.165, 1.54) is 0 Å². The predicted octanol–water partition coefficient (Wildman–Crippen LogP) is 1.46. The molecule has 4 N–H and O–H groups in total. The highest BCUT2D eigenvalue weighted by Crippen LogP contribution is 2.34. The molecule has 20 heavy (non-hydrogen) atoms. The van der Waals surface area contributed by atoms with Crippen LogP contribution in [0.1, 0.15) is 30.9 Å². The summed E-state index contributed by atoms with van der Waals surface area (Å²) >= 11 is 0. The normalized spacial score (nSPS) is 12.2. The van der Waals surface area contributed by atoms with Crippen molar-refractivity contribution in [1.82, 2.24) is 5.32 Å². The summed E-state index contributed by atoms with van der Waals surface area (Å²) in [6, 6.07) is 5.85. The summed E-state index contributed by atoms with van der Waals surface area (Å²) < 4.78 is 10.7. The van der Waals surface area contributed by atoms with Crippen LogP contribution in [-0.2, 0) is 0 Å². The summed E-state index contributed by atoms with van der Waals surface area (Å²) in [6.07, 6.45) is 2.87. The first-order valence-electron chi connectivity index (χ1n) is 7.03. The molecule has 114 valence electrons. The Kier molecular flexibility index (Phi) is 8.02. The van der Waals surface area contributed by atoms with Crippen LogP contribution in [0.25, 0.3) is 0 Å². The molecule has 1 rings (SSSR count). The molecule has 0 saturated carbocycles. The zero-order valence-corrected chi connectivity index (χ0v) is 12.4. The number of benzene rings is 1. The van der Waals surface area contributed by atoms with Crippen LogP contribution in [0.3, 0.4) is 0 Å². The third-order valence-electron chi connectivity index (χ3n) is 3.27. The van der Waals surface area contributed by atoms with Crippen molar-refractivity contribution in [2.24, 2.45) is 5.73 Å². The van der Waals surface area contributed by atoms with E-state index in [4.69, 9.17) is 20.3 Å². The Bertz CT molecular complexity index is 385. The van der Waals surface area contributed by atoms with Gasteiger partial charge in [-0.25, -0.2) is 0 Å². The Morgan fingerprint density at radius 2 is 2.00 bits per heavy atom. The fraction of sp³-hybridized carbons (Fsp3) is 0.600. The van der Waals surface area contributed by atoms with Crippen molar-refractivity contribution in [3.05, 3.63) is 23.8 Å². The monoisotopic (exact) mass is 282 g/mol. The SMILES string of the molecule is COc1cccc(C(CN)NCCCCCO)c1OC. The first-order chi connectivity index (χ1) is 9.78. The molecule has 1 aromatic rings. The van der Waals surface area contributed by atoms with Crippen molar-refractivity contribution in [3.63, 3.8) is 0 Å². The highest BCUT2D eigenvalue weighted by atomic mass is 16.5. The molecule has 0 aliphatic heterocycles. The standard InChI is InChI=1S/C15H26N2O3/c1-19-14-8-6-7-12(15(14)20-2)13(11-16)17-9-4-3-5-10-18/h6-8,13,17-18H,3-5,9-11,16H2,1-2H3. The van der Waals surface area contributed by atoms with Gasteiger partial charge >= 0.3 is 0 Å². The fourth-order valence-electron chi connectivity index (χ4n) is 2.20. The highest BCUT2D eigenvalue weighted by molar-refractivity contribution is 5.48. The molecule has 0 amide bonds. The van der Waals surface area contributed by atoms with E-state index in [9.17, 15) is 0 Å². The maximum atomic E-state index is 8.75. The number of unbranched alkanes of at least 4 members (excludes halogenated alkanes) is 2. The van der Waals surface area contributed by atoms with E-state index < -0.39 is 0 Å². The number of aliphatic hydroxyl groups excluding tert-OH is 1. The molecule has 0 aliphatic rings. The van der Waals surface area contributed by atoms with Crippen LogP contribution in [-0.4, -0.2) is 39.0 Å². The molecule has 1 atom stereocenters. The molecule has 0 aliphatic carbocycles. The molecular weight excluding hydrogens is 256 g/mol. The molecule has 0 spiro atoms. The topological polar surface area (TPSA) is 76.7 Å². The Morgan fingerprint density at radius 3 is 2.60 bits per heavy atom.